The van der Waals surface area contributed by atoms with Gasteiger partial charge in [-0.05, 0) is 43.3 Å². The summed E-state index contributed by atoms with van der Waals surface area (Å²) >= 11 is 0. The third kappa shape index (κ3) is 6.28. The van der Waals surface area contributed by atoms with Crippen molar-refractivity contribution in [1.82, 2.24) is 0 Å². The molecular formula is C18H19F3N2O5S. The molecular weight excluding hydrogens is 413 g/mol. The monoisotopic (exact) mass is 432 g/mol. The Morgan fingerprint density at radius 2 is 1.72 bits per heavy atom. The van der Waals surface area contributed by atoms with Crippen molar-refractivity contribution in [2.75, 3.05) is 23.0 Å². The Kier molecular flexibility index (Phi) is 6.62. The van der Waals surface area contributed by atoms with Crippen LogP contribution in [0.15, 0.2) is 48.5 Å². The lowest BCUT2D eigenvalue weighted by molar-refractivity contribution is -0.274. The minimum Gasteiger partial charge on any atom is -0.497 e. The van der Waals surface area contributed by atoms with E-state index in [0.717, 1.165) is 22.7 Å². The highest BCUT2D eigenvalue weighted by atomic mass is 32.2. The molecule has 158 valence electrons. The molecule has 1 amide bonds. The van der Waals surface area contributed by atoms with Crippen LogP contribution in [0.5, 0.6) is 11.5 Å². The fourth-order valence-electron chi connectivity index (χ4n) is 2.54. The number of halogens is 3. The van der Waals surface area contributed by atoms with Crippen molar-refractivity contribution in [3.05, 3.63) is 48.5 Å². The molecule has 0 saturated carbocycles. The number of methoxy groups -OCH3 is 1. The topological polar surface area (TPSA) is 84.9 Å². The minimum absolute atomic E-state index is 0.176. The second-order valence-corrected chi connectivity index (χ2v) is 7.86. The lowest BCUT2D eigenvalue weighted by Gasteiger charge is -2.28. The van der Waals surface area contributed by atoms with Crippen LogP contribution in [0.25, 0.3) is 0 Å². The highest BCUT2D eigenvalue weighted by Crippen LogP contribution is 2.27. The summed E-state index contributed by atoms with van der Waals surface area (Å²) in [7, 11) is -2.41. The number of nitrogens with one attached hydrogen (secondary N) is 1. The molecule has 11 heteroatoms. The summed E-state index contributed by atoms with van der Waals surface area (Å²) in [6, 6.07) is 9.52. The summed E-state index contributed by atoms with van der Waals surface area (Å²) < 4.78 is 71.0. The molecule has 0 aliphatic carbocycles. The number of nitrogens with zero attached hydrogens (tertiary/aromatic N) is 1. The van der Waals surface area contributed by atoms with Gasteiger partial charge >= 0.3 is 6.36 Å². The van der Waals surface area contributed by atoms with Crippen molar-refractivity contribution in [1.29, 1.82) is 0 Å². The zero-order valence-electron chi connectivity index (χ0n) is 15.7. The highest BCUT2D eigenvalue weighted by molar-refractivity contribution is 7.92. The predicted molar refractivity (Wildman–Crippen MR) is 102 cm³/mol. The first-order chi connectivity index (χ1) is 13.4. The quantitative estimate of drug-likeness (QED) is 0.725. The van der Waals surface area contributed by atoms with Crippen molar-refractivity contribution in [2.24, 2.45) is 0 Å². The van der Waals surface area contributed by atoms with Crippen molar-refractivity contribution in [3.63, 3.8) is 0 Å². The Hall–Kier alpha value is -2.95. The van der Waals surface area contributed by atoms with E-state index in [2.05, 4.69) is 10.1 Å². The Morgan fingerprint density at radius 1 is 1.10 bits per heavy atom. The van der Waals surface area contributed by atoms with E-state index in [9.17, 15) is 26.4 Å². The second kappa shape index (κ2) is 8.60. The number of amides is 1. The molecule has 0 aliphatic rings. The number of alkyl halides is 3. The fourth-order valence-corrected chi connectivity index (χ4v) is 3.71. The van der Waals surface area contributed by atoms with Gasteiger partial charge in [0.05, 0.1) is 19.1 Å². The number of carbonyl (C=O) groups is 1. The number of carbonyl (C=O) groups excluding carboxylic acids is 1. The first-order valence-electron chi connectivity index (χ1n) is 8.21. The van der Waals surface area contributed by atoms with Gasteiger partial charge in [-0.1, -0.05) is 6.07 Å². The second-order valence-electron chi connectivity index (χ2n) is 6.00. The molecule has 1 atom stereocenters. The summed E-state index contributed by atoms with van der Waals surface area (Å²) in [5.41, 5.74) is 0.402. The molecule has 1 N–H and O–H groups in total. The first-order valence-corrected chi connectivity index (χ1v) is 10.1. The Labute approximate surface area is 166 Å². The zero-order valence-corrected chi connectivity index (χ0v) is 16.5. The van der Waals surface area contributed by atoms with Gasteiger partial charge in [0.25, 0.3) is 0 Å². The molecule has 0 spiro atoms. The smallest absolute Gasteiger partial charge is 0.497 e. The molecule has 0 saturated heterocycles. The van der Waals surface area contributed by atoms with Gasteiger partial charge in [-0.15, -0.1) is 13.2 Å². The van der Waals surface area contributed by atoms with Gasteiger partial charge in [0.15, 0.2) is 0 Å². The SMILES string of the molecule is COc1cccc(N([C@@H](C)C(=O)Nc2ccc(OC(F)(F)F)cc2)S(C)(=O)=O)c1. The van der Waals surface area contributed by atoms with Gasteiger partial charge in [-0.25, -0.2) is 8.42 Å². The summed E-state index contributed by atoms with van der Waals surface area (Å²) in [6.45, 7) is 1.39. The van der Waals surface area contributed by atoms with Crippen LogP contribution in [0.4, 0.5) is 24.5 Å². The maximum atomic E-state index is 12.6. The fraction of sp³-hybridized carbons (Fsp3) is 0.278. The van der Waals surface area contributed by atoms with Crippen LogP contribution < -0.4 is 19.1 Å². The third-order valence-corrected chi connectivity index (χ3v) is 4.99. The maximum Gasteiger partial charge on any atom is 0.573 e. The summed E-state index contributed by atoms with van der Waals surface area (Å²) in [5.74, 6) is -0.718. The zero-order chi connectivity index (χ0) is 21.8. The van der Waals surface area contributed by atoms with Crippen molar-refractivity contribution < 1.29 is 35.9 Å². The average Bonchev–Trinajstić information content (AvgIpc) is 2.61. The molecule has 0 aromatic heterocycles. The van der Waals surface area contributed by atoms with E-state index in [1.54, 1.807) is 12.1 Å². The molecule has 0 bridgehead atoms. The van der Waals surface area contributed by atoms with Gasteiger partial charge in [0.1, 0.15) is 17.5 Å². The van der Waals surface area contributed by atoms with Gasteiger partial charge in [-0.2, -0.15) is 0 Å². The van der Waals surface area contributed by atoms with Gasteiger partial charge < -0.3 is 14.8 Å². The van der Waals surface area contributed by atoms with Crippen LogP contribution in [0.3, 0.4) is 0 Å². The van der Waals surface area contributed by atoms with Gasteiger partial charge in [0.2, 0.25) is 15.9 Å². The van der Waals surface area contributed by atoms with Gasteiger partial charge in [-0.3, -0.25) is 9.10 Å². The van der Waals surface area contributed by atoms with Crippen LogP contribution in [0.1, 0.15) is 6.92 Å². The first kappa shape index (κ1) is 22.3. The molecule has 0 aliphatic heterocycles. The lowest BCUT2D eigenvalue weighted by atomic mass is 10.2. The van der Waals surface area contributed by atoms with E-state index >= 15 is 0 Å². The maximum absolute atomic E-state index is 12.6. The molecule has 2 aromatic carbocycles. The summed E-state index contributed by atoms with van der Waals surface area (Å²) in [5, 5.41) is 2.47. The van der Waals surface area contributed by atoms with Crippen LogP contribution in [-0.4, -0.2) is 40.1 Å². The largest absolute Gasteiger partial charge is 0.573 e. The molecule has 0 heterocycles. The van der Waals surface area contributed by atoms with E-state index in [-0.39, 0.29) is 11.4 Å². The Morgan fingerprint density at radius 3 is 2.24 bits per heavy atom. The molecule has 0 unspecified atom stereocenters. The average molecular weight is 432 g/mol. The van der Waals surface area contributed by atoms with E-state index in [1.807, 2.05) is 0 Å². The van der Waals surface area contributed by atoms with E-state index in [4.69, 9.17) is 4.74 Å². The highest BCUT2D eigenvalue weighted by Gasteiger charge is 2.31. The van der Waals surface area contributed by atoms with Gasteiger partial charge in [0, 0.05) is 11.8 Å². The number of benzene rings is 2. The number of ether oxygens (including phenoxy) is 2. The Balaban J connectivity index is 2.21. The van der Waals surface area contributed by atoms with E-state index in [0.29, 0.717) is 5.75 Å². The number of hydrogen-bond donors (Lipinski definition) is 1. The van der Waals surface area contributed by atoms with Crippen molar-refractivity contribution in [2.45, 2.75) is 19.3 Å². The minimum atomic E-state index is -4.83. The summed E-state index contributed by atoms with van der Waals surface area (Å²) in [6.07, 6.45) is -3.87. The van der Waals surface area contributed by atoms with Crippen LogP contribution in [0, 0.1) is 0 Å². The number of hydrogen-bond acceptors (Lipinski definition) is 5. The molecule has 0 radical (unpaired) electrons. The normalized spacial score (nSPS) is 12.8. The summed E-state index contributed by atoms with van der Waals surface area (Å²) in [4.78, 5) is 12.6. The molecule has 2 aromatic rings. The van der Waals surface area contributed by atoms with Crippen LogP contribution in [0.2, 0.25) is 0 Å². The van der Waals surface area contributed by atoms with Crippen LogP contribution >= 0.6 is 0 Å². The predicted octanol–water partition coefficient (Wildman–Crippen LogP) is 3.39. The van der Waals surface area contributed by atoms with E-state index in [1.165, 1.54) is 38.3 Å². The van der Waals surface area contributed by atoms with E-state index < -0.39 is 34.1 Å². The van der Waals surface area contributed by atoms with Crippen LogP contribution in [-0.2, 0) is 14.8 Å². The number of anilines is 2. The number of sulfonamides is 1. The number of rotatable bonds is 7. The standard InChI is InChI=1S/C18H19F3N2O5S/c1-12(23(29(3,25)26)14-5-4-6-16(11-14)27-2)17(24)22-13-7-9-15(10-8-13)28-18(19,20)21/h4-12H,1-3H3,(H,22,24)/t12-/m0/s1. The van der Waals surface area contributed by atoms with Crippen molar-refractivity contribution >= 4 is 27.3 Å². The lowest BCUT2D eigenvalue weighted by Crippen LogP contribution is -2.45. The molecule has 29 heavy (non-hydrogen) atoms. The molecule has 7 nitrogen and oxygen atoms in total. The third-order valence-electron chi connectivity index (χ3n) is 3.75. The molecule has 0 fully saturated rings. The van der Waals surface area contributed by atoms with Crippen molar-refractivity contribution in [3.8, 4) is 11.5 Å². The molecule has 2 rings (SSSR count). The Bertz CT molecular complexity index is 962.